The van der Waals surface area contributed by atoms with E-state index in [0.29, 0.717) is 42.9 Å². The van der Waals surface area contributed by atoms with Crippen LogP contribution in [0.1, 0.15) is 44.9 Å². The highest BCUT2D eigenvalue weighted by Crippen LogP contribution is 2.36. The molecule has 0 spiro atoms. The van der Waals surface area contributed by atoms with E-state index in [1.165, 1.54) is 0 Å². The summed E-state index contributed by atoms with van der Waals surface area (Å²) in [5.41, 5.74) is 0. The van der Waals surface area contributed by atoms with Crippen LogP contribution in [0.3, 0.4) is 0 Å². The van der Waals surface area contributed by atoms with Crippen LogP contribution in [0.15, 0.2) is 48.6 Å². The molecular weight excluding hydrogens is 560 g/mol. The lowest BCUT2D eigenvalue weighted by Crippen LogP contribution is -2.30. The number of halogens is 1. The molecule has 1 aromatic carbocycles. The molecule has 0 aromatic heterocycles. The lowest BCUT2D eigenvalue weighted by molar-refractivity contribution is -0.492. The van der Waals surface area contributed by atoms with E-state index >= 15 is 0 Å². The molecule has 2 rings (SSSR count). The average Bonchev–Trinajstić information content (AvgIpc) is 3.20. The van der Waals surface area contributed by atoms with Crippen molar-refractivity contribution in [3.8, 4) is 5.75 Å². The summed E-state index contributed by atoms with van der Waals surface area (Å²) in [6.07, 6.45) is 8.00. The predicted octanol–water partition coefficient (Wildman–Crippen LogP) is 2.56. The van der Waals surface area contributed by atoms with Gasteiger partial charge in [0.05, 0.1) is 30.8 Å². The molecule has 13 heteroatoms. The molecule has 230 valence electrons. The first-order chi connectivity index (χ1) is 19.7. The molecule has 0 heterocycles. The number of esters is 1. The molecule has 0 radical (unpaired) electrons. The van der Waals surface area contributed by atoms with Gasteiger partial charge in [0, 0.05) is 23.8 Å². The third-order valence-corrected chi connectivity index (χ3v) is 6.71. The molecule has 1 fully saturated rings. The average molecular weight is 601 g/mol. The van der Waals surface area contributed by atoms with Crippen LogP contribution in [0.25, 0.3) is 0 Å². The number of hydrogen-bond acceptors (Lipinski definition) is 11. The van der Waals surface area contributed by atoms with E-state index in [-0.39, 0.29) is 62.3 Å². The summed E-state index contributed by atoms with van der Waals surface area (Å²) >= 11 is 5.93. The van der Waals surface area contributed by atoms with Gasteiger partial charge in [-0.2, -0.15) is 0 Å². The van der Waals surface area contributed by atoms with Crippen LogP contribution in [-0.4, -0.2) is 87.7 Å². The molecule has 1 aromatic rings. The van der Waals surface area contributed by atoms with Crippen molar-refractivity contribution in [2.75, 3.05) is 26.4 Å². The molecule has 6 N–H and O–H groups in total. The van der Waals surface area contributed by atoms with Crippen LogP contribution in [0.2, 0.25) is 5.02 Å². The summed E-state index contributed by atoms with van der Waals surface area (Å²) in [5, 5.41) is 50.5. The van der Waals surface area contributed by atoms with Gasteiger partial charge in [0.25, 0.3) is 0 Å². The smallest absolute Gasteiger partial charge is 0.325 e. The molecule has 0 bridgehead atoms. The number of carbonyl (C=O) groups excluding carboxylic acids is 2. The summed E-state index contributed by atoms with van der Waals surface area (Å²) in [5.74, 6) is -0.820. The van der Waals surface area contributed by atoms with E-state index in [1.54, 1.807) is 36.4 Å². The first-order valence-corrected chi connectivity index (χ1v) is 14.0. The van der Waals surface area contributed by atoms with Crippen molar-refractivity contribution in [2.45, 2.75) is 63.3 Å². The lowest BCUT2D eigenvalue weighted by atomic mass is 9.89. The Hall–Kier alpha value is -2.55. The highest BCUT2D eigenvalue weighted by atomic mass is 35.5. The quantitative estimate of drug-likeness (QED) is 0.0595. The molecule has 0 unspecified atom stereocenters. The number of hydrogen-bond donors (Lipinski definition) is 6. The second kappa shape index (κ2) is 19.5. The fraction of sp³-hybridized carbons (Fsp3) is 0.571. The van der Waals surface area contributed by atoms with Gasteiger partial charge in [-0.15, -0.1) is 0 Å². The maximum Gasteiger partial charge on any atom is 0.325 e. The van der Waals surface area contributed by atoms with E-state index < -0.39 is 24.3 Å². The minimum atomic E-state index is -0.894. The minimum absolute atomic E-state index is 0.0225. The van der Waals surface area contributed by atoms with Crippen molar-refractivity contribution < 1.29 is 49.6 Å². The van der Waals surface area contributed by atoms with E-state index in [9.17, 15) is 24.9 Å². The van der Waals surface area contributed by atoms with Crippen LogP contribution in [0.5, 0.6) is 5.75 Å². The molecule has 41 heavy (non-hydrogen) atoms. The summed E-state index contributed by atoms with van der Waals surface area (Å²) in [6, 6.07) is 6.86. The lowest BCUT2D eigenvalue weighted by Gasteiger charge is -2.19. The van der Waals surface area contributed by atoms with Gasteiger partial charge in [-0.05, 0) is 56.2 Å². The molecule has 1 aliphatic carbocycles. The number of unbranched alkanes of at least 4 members (excludes halogenated alkanes) is 2. The number of carbonyl (C=O) groups is 2. The maximum absolute atomic E-state index is 11.9. The summed E-state index contributed by atoms with van der Waals surface area (Å²) in [4.78, 5) is 28.0. The maximum atomic E-state index is 11.9. The molecule has 1 aliphatic rings. The number of nitrogens with zero attached hydrogens (tertiary/aromatic N) is 1. The third kappa shape index (κ3) is 14.8. The number of amides is 1. The fourth-order valence-corrected chi connectivity index (χ4v) is 4.54. The predicted molar refractivity (Wildman–Crippen MR) is 148 cm³/mol. The van der Waals surface area contributed by atoms with Crippen molar-refractivity contribution in [3.05, 3.63) is 53.6 Å². The van der Waals surface area contributed by atoms with Gasteiger partial charge in [-0.3, -0.25) is 24.8 Å². The Labute approximate surface area is 244 Å². The van der Waals surface area contributed by atoms with E-state index in [2.05, 4.69) is 10.2 Å². The molecular formula is C28H41ClN2O10. The summed E-state index contributed by atoms with van der Waals surface area (Å²) < 4.78 is 10.5. The van der Waals surface area contributed by atoms with Crippen LogP contribution in [0.4, 0.5) is 0 Å². The Kier molecular flexibility index (Phi) is 16.5. The Balaban J connectivity index is 1.61. The number of ether oxygens (including phenoxy) is 2. The number of aliphatic hydroxyl groups is 3. The molecule has 1 saturated carbocycles. The Morgan fingerprint density at radius 1 is 1.12 bits per heavy atom. The highest BCUT2D eigenvalue weighted by molar-refractivity contribution is 6.30. The van der Waals surface area contributed by atoms with E-state index in [1.807, 2.05) is 12.2 Å². The topological polar surface area (TPSA) is 178 Å². The molecule has 0 aliphatic heterocycles. The van der Waals surface area contributed by atoms with E-state index in [4.69, 9.17) is 31.5 Å². The number of allylic oxidation sites excluding steroid dienone is 2. The van der Waals surface area contributed by atoms with Crippen molar-refractivity contribution in [2.24, 2.45) is 11.8 Å². The van der Waals surface area contributed by atoms with Gasteiger partial charge >= 0.3 is 5.97 Å². The molecule has 1 amide bonds. The van der Waals surface area contributed by atoms with Gasteiger partial charge in [0.15, 0.2) is 0 Å². The highest BCUT2D eigenvalue weighted by Gasteiger charge is 2.39. The number of aliphatic hydroxyl groups excluding tert-OH is 3. The number of rotatable bonds is 19. The second-order valence-corrected chi connectivity index (χ2v) is 10.2. The van der Waals surface area contributed by atoms with Gasteiger partial charge < -0.3 is 30.1 Å². The SMILES string of the molecule is O=C(CCC/C=C\C[C@@H]1[C@@H](/C=C/[C@@H](O)COc2cccc(Cl)c2)[C@H](O)C[C@@H]1O)NCC(=O)OCCCCON(O)O. The van der Waals surface area contributed by atoms with Crippen molar-refractivity contribution in [1.29, 1.82) is 0 Å². The Bertz CT molecular complexity index is 977. The zero-order valence-electron chi connectivity index (χ0n) is 22.9. The van der Waals surface area contributed by atoms with Crippen LogP contribution < -0.4 is 10.1 Å². The van der Waals surface area contributed by atoms with Crippen molar-refractivity contribution in [3.63, 3.8) is 0 Å². The van der Waals surface area contributed by atoms with Gasteiger partial charge in [-0.1, -0.05) is 42.0 Å². The zero-order chi connectivity index (χ0) is 30.0. The molecule has 0 saturated heterocycles. The first-order valence-electron chi connectivity index (χ1n) is 13.6. The normalized spacial score (nSPS) is 21.5. The van der Waals surface area contributed by atoms with Crippen molar-refractivity contribution >= 4 is 23.5 Å². The van der Waals surface area contributed by atoms with Gasteiger partial charge in [-0.25, -0.2) is 0 Å². The van der Waals surface area contributed by atoms with Crippen LogP contribution in [0, 0.1) is 11.8 Å². The van der Waals surface area contributed by atoms with Gasteiger partial charge in [0.2, 0.25) is 5.91 Å². The Morgan fingerprint density at radius 3 is 2.66 bits per heavy atom. The number of nitrogens with one attached hydrogen (secondary N) is 1. The molecule has 5 atom stereocenters. The van der Waals surface area contributed by atoms with Gasteiger partial charge in [0.1, 0.15) is 25.0 Å². The summed E-state index contributed by atoms with van der Waals surface area (Å²) in [6.45, 7) is -0.0239. The monoisotopic (exact) mass is 600 g/mol. The second-order valence-electron chi connectivity index (χ2n) is 9.72. The largest absolute Gasteiger partial charge is 0.491 e. The van der Waals surface area contributed by atoms with Crippen molar-refractivity contribution in [1.82, 2.24) is 10.7 Å². The van der Waals surface area contributed by atoms with Crippen LogP contribution >= 0.6 is 11.6 Å². The van der Waals surface area contributed by atoms with E-state index in [0.717, 1.165) is 0 Å². The standard InChI is InChI=1S/C28H41ClN2O10/c29-20-8-7-9-22(16-20)40-19-21(32)12-13-24-23(25(33)17-26(24)34)10-3-1-2-4-11-27(35)30-18-28(36)39-14-5-6-15-41-31(37)38/h1,3,7-9,12-13,16,21,23-26,32-34,37-38H,2,4-6,10-11,14-15,17-19H2,(H,30,35)/b3-1-,13-12+/t21-,23-,24-,25+,26-/m1/s1. The Morgan fingerprint density at radius 2 is 1.90 bits per heavy atom. The minimum Gasteiger partial charge on any atom is -0.491 e. The zero-order valence-corrected chi connectivity index (χ0v) is 23.6. The summed E-state index contributed by atoms with van der Waals surface area (Å²) in [7, 11) is 0. The first kappa shape index (κ1) is 34.7. The van der Waals surface area contributed by atoms with Crippen LogP contribution in [-0.2, 0) is 19.2 Å². The molecule has 12 nitrogen and oxygen atoms in total. The fourth-order valence-electron chi connectivity index (χ4n) is 4.36. The number of benzene rings is 1. The third-order valence-electron chi connectivity index (χ3n) is 6.48.